The maximum Gasteiger partial charge on any atom is 0.320 e. The topological polar surface area (TPSA) is 74.8 Å². The van der Waals surface area contributed by atoms with Crippen molar-refractivity contribution < 1.29 is 14.3 Å². The number of nitrogens with one attached hydrogen (secondary N) is 1. The lowest BCUT2D eigenvalue weighted by atomic mass is 10.1. The van der Waals surface area contributed by atoms with Gasteiger partial charge in [0, 0.05) is 38.4 Å². The molecule has 0 spiro atoms. The molecule has 142 valence electrons. The van der Waals surface area contributed by atoms with Gasteiger partial charge in [-0.1, -0.05) is 6.07 Å². The van der Waals surface area contributed by atoms with Crippen molar-refractivity contribution in [3.8, 4) is 0 Å². The van der Waals surface area contributed by atoms with Gasteiger partial charge in [-0.3, -0.25) is 4.79 Å². The molecule has 1 aromatic heterocycles. The summed E-state index contributed by atoms with van der Waals surface area (Å²) in [5.41, 5.74) is 2.37. The van der Waals surface area contributed by atoms with Gasteiger partial charge in [0.2, 0.25) is 0 Å². The molecular formula is C19H28N4O3. The van der Waals surface area contributed by atoms with E-state index in [4.69, 9.17) is 9.72 Å². The number of hydrogen-bond donors (Lipinski definition) is 1. The van der Waals surface area contributed by atoms with Crippen LogP contribution in [0.5, 0.6) is 0 Å². The molecule has 0 aliphatic carbocycles. The van der Waals surface area contributed by atoms with Gasteiger partial charge in [-0.25, -0.2) is 9.78 Å². The zero-order valence-electron chi connectivity index (χ0n) is 15.5. The third kappa shape index (κ3) is 4.65. The van der Waals surface area contributed by atoms with E-state index in [2.05, 4.69) is 17.4 Å². The summed E-state index contributed by atoms with van der Waals surface area (Å²) in [6, 6.07) is 4.29. The maximum atomic E-state index is 12.4. The Morgan fingerprint density at radius 3 is 2.88 bits per heavy atom. The molecule has 0 aromatic carbocycles. The first-order chi connectivity index (χ1) is 12.7. The second-order valence-electron chi connectivity index (χ2n) is 6.76. The van der Waals surface area contributed by atoms with Crippen LogP contribution in [0.4, 0.5) is 10.6 Å². The first kappa shape index (κ1) is 18.5. The largest absolute Gasteiger partial charge is 0.466 e. The summed E-state index contributed by atoms with van der Waals surface area (Å²) in [7, 11) is 0. The second kappa shape index (κ2) is 8.87. The van der Waals surface area contributed by atoms with E-state index in [1.54, 1.807) is 11.8 Å². The molecule has 1 saturated heterocycles. The Morgan fingerprint density at radius 2 is 2.08 bits per heavy atom. The number of ether oxygens (including phenoxy) is 1. The lowest BCUT2D eigenvalue weighted by Gasteiger charge is -2.19. The number of carbonyl (C=O) groups is 2. The highest BCUT2D eigenvalue weighted by atomic mass is 16.5. The quantitative estimate of drug-likeness (QED) is 0.718. The Labute approximate surface area is 154 Å². The molecule has 1 aromatic rings. The van der Waals surface area contributed by atoms with Gasteiger partial charge in [-0.2, -0.15) is 0 Å². The molecule has 0 unspecified atom stereocenters. The number of aromatic nitrogens is 1. The van der Waals surface area contributed by atoms with Crippen molar-refractivity contribution in [2.45, 2.75) is 39.0 Å². The lowest BCUT2D eigenvalue weighted by Crippen LogP contribution is -2.34. The van der Waals surface area contributed by atoms with Gasteiger partial charge < -0.3 is 19.9 Å². The Bertz CT molecular complexity index is 650. The fraction of sp³-hybridized carbons (Fsp3) is 0.632. The molecule has 3 rings (SSSR count). The standard InChI is InChI=1S/C19H28N4O3/c1-2-26-17(24)9-12-23-14-13-22(19(23)25)11-4-6-16-8-7-15-5-3-10-20-18(15)21-16/h7-8H,2-6,9-14H2,1H3,(H,20,21). The molecule has 7 heteroatoms. The monoisotopic (exact) mass is 360 g/mol. The van der Waals surface area contributed by atoms with Crippen molar-refractivity contribution in [1.82, 2.24) is 14.8 Å². The minimum atomic E-state index is -0.245. The van der Waals surface area contributed by atoms with Crippen LogP contribution in [0.15, 0.2) is 12.1 Å². The van der Waals surface area contributed by atoms with Crippen LogP contribution in [0.1, 0.15) is 37.4 Å². The van der Waals surface area contributed by atoms with E-state index in [-0.39, 0.29) is 18.4 Å². The molecule has 2 aliphatic heterocycles. The van der Waals surface area contributed by atoms with E-state index >= 15 is 0 Å². The van der Waals surface area contributed by atoms with Crippen molar-refractivity contribution in [3.63, 3.8) is 0 Å². The number of urea groups is 1. The number of nitrogens with zero attached hydrogens (tertiary/aromatic N) is 3. The van der Waals surface area contributed by atoms with Crippen LogP contribution in [0, 0.1) is 0 Å². The molecule has 0 atom stereocenters. The molecule has 3 heterocycles. The van der Waals surface area contributed by atoms with E-state index in [0.29, 0.717) is 19.7 Å². The van der Waals surface area contributed by atoms with Gasteiger partial charge in [-0.05, 0) is 44.2 Å². The number of pyridine rings is 1. The normalized spacial score (nSPS) is 16.4. The van der Waals surface area contributed by atoms with E-state index in [1.807, 2.05) is 4.90 Å². The minimum Gasteiger partial charge on any atom is -0.466 e. The number of fused-ring (bicyclic) bond motifs is 1. The maximum absolute atomic E-state index is 12.4. The fourth-order valence-electron chi connectivity index (χ4n) is 3.47. The third-order valence-corrected chi connectivity index (χ3v) is 4.88. The first-order valence-electron chi connectivity index (χ1n) is 9.59. The molecule has 7 nitrogen and oxygen atoms in total. The number of hydrogen-bond acceptors (Lipinski definition) is 5. The molecule has 0 saturated carbocycles. The summed E-state index contributed by atoms with van der Waals surface area (Å²) < 4.78 is 4.91. The lowest BCUT2D eigenvalue weighted by molar-refractivity contribution is -0.143. The molecule has 0 radical (unpaired) electrons. The predicted molar refractivity (Wildman–Crippen MR) is 99.2 cm³/mol. The van der Waals surface area contributed by atoms with Gasteiger partial charge >= 0.3 is 12.0 Å². The average Bonchev–Trinajstić information content (AvgIpc) is 3.00. The summed E-state index contributed by atoms with van der Waals surface area (Å²) >= 11 is 0. The average molecular weight is 360 g/mol. The van der Waals surface area contributed by atoms with Crippen molar-refractivity contribution in [3.05, 3.63) is 23.4 Å². The Hall–Kier alpha value is -2.31. The number of carbonyl (C=O) groups excluding carboxylic acids is 2. The van der Waals surface area contributed by atoms with E-state index < -0.39 is 0 Å². The Kier molecular flexibility index (Phi) is 6.30. The molecule has 26 heavy (non-hydrogen) atoms. The zero-order chi connectivity index (χ0) is 18.4. The summed E-state index contributed by atoms with van der Waals surface area (Å²) in [6.07, 6.45) is 4.28. The molecule has 2 aliphatic rings. The van der Waals surface area contributed by atoms with Crippen molar-refractivity contribution in [2.75, 3.05) is 44.6 Å². The highest BCUT2D eigenvalue weighted by Gasteiger charge is 2.28. The SMILES string of the molecule is CCOC(=O)CCN1CCN(CCCc2ccc3c(n2)NCCC3)C1=O. The number of esters is 1. The summed E-state index contributed by atoms with van der Waals surface area (Å²) in [5.74, 6) is 0.780. The van der Waals surface area contributed by atoms with Crippen LogP contribution < -0.4 is 5.32 Å². The van der Waals surface area contributed by atoms with E-state index in [0.717, 1.165) is 56.8 Å². The van der Waals surface area contributed by atoms with Crippen LogP contribution in [0.25, 0.3) is 0 Å². The van der Waals surface area contributed by atoms with Gasteiger partial charge in [0.1, 0.15) is 5.82 Å². The summed E-state index contributed by atoms with van der Waals surface area (Å²) in [5, 5.41) is 3.36. The zero-order valence-corrected chi connectivity index (χ0v) is 15.5. The first-order valence-corrected chi connectivity index (χ1v) is 9.59. The number of anilines is 1. The number of amides is 2. The van der Waals surface area contributed by atoms with Crippen LogP contribution in [0.2, 0.25) is 0 Å². The van der Waals surface area contributed by atoms with Crippen molar-refractivity contribution >= 4 is 17.8 Å². The van der Waals surface area contributed by atoms with Crippen molar-refractivity contribution in [1.29, 1.82) is 0 Å². The van der Waals surface area contributed by atoms with Crippen molar-refractivity contribution in [2.24, 2.45) is 0 Å². The van der Waals surface area contributed by atoms with E-state index in [1.165, 1.54) is 5.56 Å². The molecule has 1 N–H and O–H groups in total. The smallest absolute Gasteiger partial charge is 0.320 e. The van der Waals surface area contributed by atoms with Gasteiger partial charge in [-0.15, -0.1) is 0 Å². The second-order valence-corrected chi connectivity index (χ2v) is 6.76. The third-order valence-electron chi connectivity index (χ3n) is 4.88. The van der Waals surface area contributed by atoms with Crippen LogP contribution in [0.3, 0.4) is 0 Å². The minimum absolute atomic E-state index is 0.0226. The molecule has 2 amide bonds. The van der Waals surface area contributed by atoms with Gasteiger partial charge in [0.05, 0.1) is 13.0 Å². The fourth-order valence-corrected chi connectivity index (χ4v) is 3.47. The van der Waals surface area contributed by atoms with Gasteiger partial charge in [0.15, 0.2) is 0 Å². The Balaban J connectivity index is 1.41. The van der Waals surface area contributed by atoms with Gasteiger partial charge in [0.25, 0.3) is 0 Å². The van der Waals surface area contributed by atoms with Crippen LogP contribution in [-0.2, 0) is 22.4 Å². The Morgan fingerprint density at radius 1 is 1.27 bits per heavy atom. The number of rotatable bonds is 8. The molecule has 0 bridgehead atoms. The van der Waals surface area contributed by atoms with Crippen LogP contribution >= 0.6 is 0 Å². The molecule has 1 fully saturated rings. The summed E-state index contributed by atoms with van der Waals surface area (Å²) in [4.78, 5) is 32.1. The highest BCUT2D eigenvalue weighted by molar-refractivity contribution is 5.77. The summed E-state index contributed by atoms with van der Waals surface area (Å²) in [6.45, 7) is 5.72. The van der Waals surface area contributed by atoms with E-state index in [9.17, 15) is 9.59 Å². The number of aryl methyl sites for hydroxylation is 2. The molecular weight excluding hydrogens is 332 g/mol. The van der Waals surface area contributed by atoms with Crippen LogP contribution in [-0.4, -0.2) is 66.1 Å². The highest BCUT2D eigenvalue weighted by Crippen LogP contribution is 2.20. The predicted octanol–water partition coefficient (Wildman–Crippen LogP) is 2.06.